The highest BCUT2D eigenvalue weighted by molar-refractivity contribution is 7.21. The smallest absolute Gasteiger partial charge is 0.263 e. The minimum Gasteiger partial charge on any atom is -0.491 e. The van der Waals surface area contributed by atoms with E-state index < -0.39 is 17.7 Å². The van der Waals surface area contributed by atoms with E-state index in [0.717, 1.165) is 30.5 Å². The Hall–Kier alpha value is -2.98. The molecule has 4 atom stereocenters. The number of benzene rings is 1. The minimum absolute atomic E-state index is 0.145. The van der Waals surface area contributed by atoms with Gasteiger partial charge >= 0.3 is 0 Å². The number of nitrogens with zero attached hydrogens (tertiary/aromatic N) is 3. The molecule has 3 aromatic rings. The van der Waals surface area contributed by atoms with Crippen molar-refractivity contribution in [2.75, 3.05) is 23.8 Å². The van der Waals surface area contributed by atoms with Gasteiger partial charge in [0.1, 0.15) is 22.1 Å². The lowest BCUT2D eigenvalue weighted by Gasteiger charge is -2.45. The summed E-state index contributed by atoms with van der Waals surface area (Å²) in [6, 6.07) is 5.86. The van der Waals surface area contributed by atoms with E-state index in [0.29, 0.717) is 33.2 Å². The van der Waals surface area contributed by atoms with E-state index in [1.54, 1.807) is 6.07 Å². The van der Waals surface area contributed by atoms with E-state index in [9.17, 15) is 4.79 Å². The van der Waals surface area contributed by atoms with Gasteiger partial charge in [0.25, 0.3) is 5.91 Å². The molecule has 2 aromatic heterocycles. The molecule has 7 rings (SSSR count). The van der Waals surface area contributed by atoms with E-state index >= 15 is 8.78 Å². The van der Waals surface area contributed by atoms with Gasteiger partial charge < -0.3 is 20.7 Å². The van der Waals surface area contributed by atoms with Crippen molar-refractivity contribution in [3.63, 3.8) is 0 Å². The molecular formula is C25H25F2N5O2S. The van der Waals surface area contributed by atoms with Gasteiger partial charge in [-0.2, -0.15) is 0 Å². The molecule has 0 saturated carbocycles. The molecule has 1 aromatic carbocycles. The SMILES string of the molecule is Cc1ccc2c(N)c(C(=O)N[C@H]3COc4cc(N5CC6CCC7CC5N76)c(F)c(F)c4C3)sc2n1. The first-order valence-electron chi connectivity index (χ1n) is 12.0. The lowest BCUT2D eigenvalue weighted by atomic mass is 9.97. The Morgan fingerprint density at radius 1 is 1.26 bits per heavy atom. The van der Waals surface area contributed by atoms with Crippen molar-refractivity contribution in [3.05, 3.63) is 46.0 Å². The Balaban J connectivity index is 1.12. The number of hydrogen-bond acceptors (Lipinski definition) is 7. The zero-order valence-corrected chi connectivity index (χ0v) is 20.0. The molecule has 4 aliphatic heterocycles. The van der Waals surface area contributed by atoms with Crippen molar-refractivity contribution in [1.29, 1.82) is 0 Å². The topological polar surface area (TPSA) is 83.7 Å². The van der Waals surface area contributed by atoms with Crippen LogP contribution in [0, 0.1) is 18.6 Å². The zero-order chi connectivity index (χ0) is 24.0. The lowest BCUT2D eigenvalue weighted by Crippen LogP contribution is -2.55. The summed E-state index contributed by atoms with van der Waals surface area (Å²) < 4.78 is 36.4. The predicted octanol–water partition coefficient (Wildman–Crippen LogP) is 3.58. The number of ether oxygens (including phenoxy) is 1. The van der Waals surface area contributed by atoms with Crippen LogP contribution in [0.2, 0.25) is 0 Å². The highest BCUT2D eigenvalue weighted by atomic mass is 32.1. The van der Waals surface area contributed by atoms with Gasteiger partial charge in [0.15, 0.2) is 11.6 Å². The van der Waals surface area contributed by atoms with E-state index in [2.05, 4.69) is 15.2 Å². The molecule has 1 amide bonds. The molecule has 3 unspecified atom stereocenters. The monoisotopic (exact) mass is 497 g/mol. The maximum atomic E-state index is 15.3. The van der Waals surface area contributed by atoms with Gasteiger partial charge in [-0.3, -0.25) is 9.69 Å². The number of aryl methyl sites for hydroxylation is 1. The molecule has 3 saturated heterocycles. The van der Waals surface area contributed by atoms with Crippen molar-refractivity contribution in [3.8, 4) is 5.75 Å². The summed E-state index contributed by atoms with van der Waals surface area (Å²) in [6.45, 7) is 2.77. The highest BCUT2D eigenvalue weighted by Crippen LogP contribution is 2.48. The van der Waals surface area contributed by atoms with Crippen LogP contribution in [0.4, 0.5) is 20.2 Å². The molecule has 4 aliphatic rings. The number of nitrogens with one attached hydrogen (secondary N) is 1. The van der Waals surface area contributed by atoms with Crippen LogP contribution in [0.25, 0.3) is 10.2 Å². The van der Waals surface area contributed by atoms with Crippen LogP contribution in [-0.4, -0.2) is 53.2 Å². The lowest BCUT2D eigenvalue weighted by molar-refractivity contribution is 0.0642. The Morgan fingerprint density at radius 3 is 2.91 bits per heavy atom. The van der Waals surface area contributed by atoms with Crippen LogP contribution in [0.15, 0.2) is 18.2 Å². The molecule has 7 nitrogen and oxygen atoms in total. The van der Waals surface area contributed by atoms with Gasteiger partial charge in [0, 0.05) is 47.8 Å². The average Bonchev–Trinajstić information content (AvgIpc) is 3.40. The quantitative estimate of drug-likeness (QED) is 0.576. The van der Waals surface area contributed by atoms with Crippen LogP contribution in [0.3, 0.4) is 0 Å². The van der Waals surface area contributed by atoms with Gasteiger partial charge in [-0.1, -0.05) is 0 Å². The number of aromatic nitrogens is 1. The minimum atomic E-state index is -0.888. The number of amides is 1. The van der Waals surface area contributed by atoms with Crippen molar-refractivity contribution in [1.82, 2.24) is 15.2 Å². The standard InChI is InChI=1S/C25H25F2N5O2S/c1-11-2-5-15-22(28)23(35-25(15)29-11)24(33)30-12-6-16-18(34-10-12)8-17(21(27)20(16)26)31-9-14-4-3-13-7-19(31)32(13)14/h2,5,8,12-14,19H,3-4,6-7,9-10,28H2,1H3,(H,30,33)/t12-,13?,14?,19?/m1/s1. The van der Waals surface area contributed by atoms with Crippen molar-refractivity contribution in [2.45, 2.75) is 56.9 Å². The fraction of sp³-hybridized carbons (Fsp3) is 0.440. The van der Waals surface area contributed by atoms with Crippen molar-refractivity contribution >= 4 is 38.8 Å². The third-order valence-corrected chi connectivity index (χ3v) is 9.11. The highest BCUT2D eigenvalue weighted by Gasteiger charge is 2.55. The number of halogens is 2. The molecule has 35 heavy (non-hydrogen) atoms. The molecule has 182 valence electrons. The summed E-state index contributed by atoms with van der Waals surface area (Å²) in [4.78, 5) is 22.9. The number of carbonyl (C=O) groups is 1. The Morgan fingerprint density at radius 2 is 2.09 bits per heavy atom. The Bertz CT molecular complexity index is 1390. The van der Waals surface area contributed by atoms with Crippen molar-refractivity contribution < 1.29 is 18.3 Å². The van der Waals surface area contributed by atoms with Crippen molar-refractivity contribution in [2.24, 2.45) is 0 Å². The normalized spacial score (nSPS) is 26.9. The summed E-state index contributed by atoms with van der Waals surface area (Å²) in [6.07, 6.45) is 3.62. The molecule has 0 aliphatic carbocycles. The molecule has 6 heterocycles. The molecule has 3 fully saturated rings. The summed E-state index contributed by atoms with van der Waals surface area (Å²) in [5.41, 5.74) is 7.86. The summed E-state index contributed by atoms with van der Waals surface area (Å²) in [5.74, 6) is -1.73. The number of nitrogen functional groups attached to an aromatic ring is 1. The van der Waals surface area contributed by atoms with Gasteiger partial charge in [-0.05, 0) is 38.3 Å². The summed E-state index contributed by atoms with van der Waals surface area (Å²) >= 11 is 1.22. The second-order valence-corrected chi connectivity index (χ2v) is 11.0. The first-order valence-corrected chi connectivity index (χ1v) is 12.8. The maximum Gasteiger partial charge on any atom is 0.263 e. The number of carbonyl (C=O) groups excluding carboxylic acids is 1. The molecule has 0 radical (unpaired) electrons. The maximum absolute atomic E-state index is 15.3. The summed E-state index contributed by atoms with van der Waals surface area (Å²) in [5, 5.41) is 3.61. The fourth-order valence-electron chi connectivity index (χ4n) is 6.27. The van der Waals surface area contributed by atoms with Gasteiger partial charge in [-0.25, -0.2) is 13.8 Å². The molecule has 10 heteroatoms. The van der Waals surface area contributed by atoms with Crippen LogP contribution >= 0.6 is 11.3 Å². The molecular weight excluding hydrogens is 472 g/mol. The van der Waals surface area contributed by atoms with Gasteiger partial charge in [0.05, 0.1) is 23.6 Å². The number of pyridine rings is 1. The average molecular weight is 498 g/mol. The predicted molar refractivity (Wildman–Crippen MR) is 130 cm³/mol. The molecule has 0 spiro atoms. The molecule has 0 bridgehead atoms. The van der Waals surface area contributed by atoms with Gasteiger partial charge in [-0.15, -0.1) is 11.3 Å². The van der Waals surface area contributed by atoms with Gasteiger partial charge in [0.2, 0.25) is 0 Å². The van der Waals surface area contributed by atoms with Crippen LogP contribution in [0.5, 0.6) is 5.75 Å². The first-order chi connectivity index (χ1) is 16.9. The van der Waals surface area contributed by atoms with Crippen LogP contribution < -0.4 is 20.7 Å². The largest absolute Gasteiger partial charge is 0.491 e. The molecule has 3 N–H and O–H groups in total. The second-order valence-electron chi connectivity index (χ2n) is 10.0. The van der Waals surface area contributed by atoms with E-state index in [-0.39, 0.29) is 36.4 Å². The van der Waals surface area contributed by atoms with E-state index in [1.807, 2.05) is 24.0 Å². The number of nitrogens with two attached hydrogens (primary N) is 1. The Labute approximate surface area is 204 Å². The summed E-state index contributed by atoms with van der Waals surface area (Å²) in [7, 11) is 0. The zero-order valence-electron chi connectivity index (χ0n) is 19.2. The third kappa shape index (κ3) is 3.09. The second kappa shape index (κ2) is 7.51. The number of hydrogen-bond donors (Lipinski definition) is 2. The van der Waals surface area contributed by atoms with E-state index in [1.165, 1.54) is 17.8 Å². The first kappa shape index (κ1) is 21.3. The van der Waals surface area contributed by atoms with Crippen LogP contribution in [-0.2, 0) is 6.42 Å². The third-order valence-electron chi connectivity index (χ3n) is 7.99. The fourth-order valence-corrected chi connectivity index (χ4v) is 7.31. The Kier molecular flexibility index (Phi) is 4.57. The number of fused-ring (bicyclic) bond motifs is 2. The number of rotatable bonds is 3. The number of anilines is 2. The van der Waals surface area contributed by atoms with E-state index in [4.69, 9.17) is 10.5 Å². The van der Waals surface area contributed by atoms with Crippen LogP contribution in [0.1, 0.15) is 40.2 Å². The number of thiophene rings is 1.